The summed E-state index contributed by atoms with van der Waals surface area (Å²) in [6.45, 7) is 5.89. The van der Waals surface area contributed by atoms with Crippen molar-refractivity contribution in [1.29, 1.82) is 0 Å². The van der Waals surface area contributed by atoms with Crippen LogP contribution in [-0.4, -0.2) is 23.1 Å². The molecule has 0 aromatic rings. The molecule has 0 bridgehead atoms. The molecule has 0 aromatic heterocycles. The molecular weight excluding hydrogens is 166 g/mol. The fourth-order valence-corrected chi connectivity index (χ4v) is 4.02. The summed E-state index contributed by atoms with van der Waals surface area (Å²) in [5, 5.41) is 5.37. The summed E-state index contributed by atoms with van der Waals surface area (Å²) in [6.07, 6.45) is 4.36. The lowest BCUT2D eigenvalue weighted by Gasteiger charge is -2.18. The molecule has 2 rings (SSSR count). The average Bonchev–Trinajstić information content (AvgIpc) is 2.52. The van der Waals surface area contributed by atoms with Crippen molar-refractivity contribution < 1.29 is 0 Å². The Labute approximate surface area is 79.7 Å². The predicted molar refractivity (Wildman–Crippen MR) is 55.6 cm³/mol. The van der Waals surface area contributed by atoms with Crippen molar-refractivity contribution >= 4 is 11.8 Å². The first-order valence-corrected chi connectivity index (χ1v) is 6.10. The number of thioether (sulfide) groups is 1. The summed E-state index contributed by atoms with van der Waals surface area (Å²) in [6, 6.07) is 0.876. The number of nitrogens with one attached hydrogen (secondary N) is 1. The van der Waals surface area contributed by atoms with E-state index in [1.807, 2.05) is 0 Å². The fraction of sp³-hybridized carbons (Fsp3) is 1.00. The van der Waals surface area contributed by atoms with Crippen molar-refractivity contribution in [3.05, 3.63) is 0 Å². The summed E-state index contributed by atoms with van der Waals surface area (Å²) in [5.41, 5.74) is 0. The lowest BCUT2D eigenvalue weighted by molar-refractivity contribution is 0.524. The highest BCUT2D eigenvalue weighted by Crippen LogP contribution is 2.39. The van der Waals surface area contributed by atoms with E-state index < -0.39 is 0 Å². The number of hydrogen-bond acceptors (Lipinski definition) is 2. The standard InChI is InChI=1S/C10H19NS/c1-7(2)12-10-6-11-9-5-3-4-8(9)10/h7-11H,3-6H2,1-2H3. The Bertz CT molecular complexity index is 158. The van der Waals surface area contributed by atoms with Crippen LogP contribution in [0.3, 0.4) is 0 Å². The van der Waals surface area contributed by atoms with E-state index in [0.29, 0.717) is 0 Å². The number of fused-ring (bicyclic) bond motifs is 1. The molecule has 3 atom stereocenters. The Hall–Kier alpha value is 0.310. The Morgan fingerprint density at radius 3 is 2.92 bits per heavy atom. The van der Waals surface area contributed by atoms with Gasteiger partial charge in [-0.15, -0.1) is 0 Å². The Morgan fingerprint density at radius 2 is 2.17 bits per heavy atom. The van der Waals surface area contributed by atoms with E-state index in [1.165, 1.54) is 25.8 Å². The lowest BCUT2D eigenvalue weighted by Crippen LogP contribution is -2.21. The molecular formula is C10H19NS. The van der Waals surface area contributed by atoms with Gasteiger partial charge in [0.2, 0.25) is 0 Å². The van der Waals surface area contributed by atoms with Crippen LogP contribution >= 0.6 is 11.8 Å². The summed E-state index contributed by atoms with van der Waals surface area (Å²) >= 11 is 2.18. The Kier molecular flexibility index (Phi) is 2.66. The molecule has 0 amide bonds. The van der Waals surface area contributed by atoms with Crippen molar-refractivity contribution in [2.45, 2.75) is 49.7 Å². The second kappa shape index (κ2) is 3.59. The van der Waals surface area contributed by atoms with Crippen LogP contribution in [0.1, 0.15) is 33.1 Å². The third-order valence-electron chi connectivity index (χ3n) is 3.08. The molecule has 0 aromatic carbocycles. The smallest absolute Gasteiger partial charge is 0.0218 e. The van der Waals surface area contributed by atoms with Gasteiger partial charge in [-0.25, -0.2) is 0 Å². The molecule has 1 nitrogen and oxygen atoms in total. The van der Waals surface area contributed by atoms with Crippen molar-refractivity contribution in [3.8, 4) is 0 Å². The van der Waals surface area contributed by atoms with Crippen LogP contribution < -0.4 is 5.32 Å². The van der Waals surface area contributed by atoms with Gasteiger partial charge in [0, 0.05) is 17.8 Å². The van der Waals surface area contributed by atoms with Crippen LogP contribution in [0.4, 0.5) is 0 Å². The minimum atomic E-state index is 0.802. The second-order valence-electron chi connectivity index (χ2n) is 4.33. The zero-order chi connectivity index (χ0) is 8.55. The molecule has 12 heavy (non-hydrogen) atoms. The van der Waals surface area contributed by atoms with Gasteiger partial charge in [0.25, 0.3) is 0 Å². The molecule has 70 valence electrons. The average molecular weight is 185 g/mol. The molecule has 1 N–H and O–H groups in total. The van der Waals surface area contributed by atoms with Gasteiger partial charge in [-0.3, -0.25) is 0 Å². The third kappa shape index (κ3) is 1.64. The maximum absolute atomic E-state index is 3.65. The lowest BCUT2D eigenvalue weighted by atomic mass is 10.0. The van der Waals surface area contributed by atoms with E-state index in [4.69, 9.17) is 0 Å². The minimum Gasteiger partial charge on any atom is -0.313 e. The van der Waals surface area contributed by atoms with E-state index in [1.54, 1.807) is 0 Å². The SMILES string of the molecule is CC(C)SC1CNC2CCCC21. The highest BCUT2D eigenvalue weighted by molar-refractivity contribution is 8.00. The Balaban J connectivity index is 1.91. The van der Waals surface area contributed by atoms with Crippen molar-refractivity contribution in [1.82, 2.24) is 5.32 Å². The van der Waals surface area contributed by atoms with Gasteiger partial charge in [0.15, 0.2) is 0 Å². The zero-order valence-electron chi connectivity index (χ0n) is 8.05. The van der Waals surface area contributed by atoms with Gasteiger partial charge >= 0.3 is 0 Å². The first kappa shape index (κ1) is 8.89. The fourth-order valence-electron chi connectivity index (χ4n) is 2.60. The Morgan fingerprint density at radius 1 is 1.33 bits per heavy atom. The van der Waals surface area contributed by atoms with Crippen LogP contribution in [0.15, 0.2) is 0 Å². The molecule has 1 aliphatic heterocycles. The molecule has 3 unspecified atom stereocenters. The third-order valence-corrected chi connectivity index (χ3v) is 4.49. The van der Waals surface area contributed by atoms with Crippen LogP contribution in [-0.2, 0) is 0 Å². The highest BCUT2D eigenvalue weighted by atomic mass is 32.2. The van der Waals surface area contributed by atoms with Gasteiger partial charge in [-0.1, -0.05) is 20.3 Å². The van der Waals surface area contributed by atoms with Crippen molar-refractivity contribution in [2.75, 3.05) is 6.54 Å². The van der Waals surface area contributed by atoms with E-state index in [-0.39, 0.29) is 0 Å². The van der Waals surface area contributed by atoms with E-state index >= 15 is 0 Å². The summed E-state index contributed by atoms with van der Waals surface area (Å²) in [5.74, 6) is 0.998. The van der Waals surface area contributed by atoms with Crippen LogP contribution in [0.25, 0.3) is 0 Å². The molecule has 0 radical (unpaired) electrons. The van der Waals surface area contributed by atoms with Gasteiger partial charge in [0.05, 0.1) is 0 Å². The first-order valence-electron chi connectivity index (χ1n) is 5.16. The summed E-state index contributed by atoms with van der Waals surface area (Å²) < 4.78 is 0. The molecule has 0 spiro atoms. The topological polar surface area (TPSA) is 12.0 Å². The van der Waals surface area contributed by atoms with Gasteiger partial charge in [-0.2, -0.15) is 11.8 Å². The van der Waals surface area contributed by atoms with Crippen LogP contribution in [0, 0.1) is 5.92 Å². The summed E-state index contributed by atoms with van der Waals surface area (Å²) in [7, 11) is 0. The molecule has 1 saturated carbocycles. The van der Waals surface area contributed by atoms with Gasteiger partial charge < -0.3 is 5.32 Å². The predicted octanol–water partition coefficient (Wildman–Crippen LogP) is 2.27. The van der Waals surface area contributed by atoms with E-state index in [0.717, 1.165) is 22.5 Å². The monoisotopic (exact) mass is 185 g/mol. The number of rotatable bonds is 2. The second-order valence-corrected chi connectivity index (χ2v) is 6.15. The zero-order valence-corrected chi connectivity index (χ0v) is 8.86. The summed E-state index contributed by atoms with van der Waals surface area (Å²) in [4.78, 5) is 0. The molecule has 1 aliphatic carbocycles. The van der Waals surface area contributed by atoms with Crippen LogP contribution in [0.2, 0.25) is 0 Å². The largest absolute Gasteiger partial charge is 0.313 e. The maximum atomic E-state index is 3.65. The number of hydrogen-bond donors (Lipinski definition) is 1. The first-order chi connectivity index (χ1) is 5.77. The highest BCUT2D eigenvalue weighted by Gasteiger charge is 2.39. The molecule has 2 fully saturated rings. The van der Waals surface area contributed by atoms with E-state index in [9.17, 15) is 0 Å². The quantitative estimate of drug-likeness (QED) is 0.708. The molecule has 2 heteroatoms. The van der Waals surface area contributed by atoms with Gasteiger partial charge in [-0.05, 0) is 24.0 Å². The maximum Gasteiger partial charge on any atom is 0.0218 e. The molecule has 1 heterocycles. The van der Waals surface area contributed by atoms with Crippen molar-refractivity contribution in [3.63, 3.8) is 0 Å². The minimum absolute atomic E-state index is 0.802. The van der Waals surface area contributed by atoms with E-state index in [2.05, 4.69) is 30.9 Å². The van der Waals surface area contributed by atoms with Crippen LogP contribution in [0.5, 0.6) is 0 Å². The molecule has 2 aliphatic rings. The van der Waals surface area contributed by atoms with Crippen molar-refractivity contribution in [2.24, 2.45) is 5.92 Å². The molecule has 1 saturated heterocycles. The van der Waals surface area contributed by atoms with Gasteiger partial charge in [0.1, 0.15) is 0 Å². The normalized spacial score (nSPS) is 40.8.